The molecule has 0 spiro atoms. The molecule has 1 aliphatic rings. The molecule has 6 heteroatoms. The van der Waals surface area contributed by atoms with Crippen LogP contribution in [0.5, 0.6) is 0 Å². The van der Waals surface area contributed by atoms with E-state index in [4.69, 9.17) is 0 Å². The van der Waals surface area contributed by atoms with Gasteiger partial charge in [-0.05, 0) is 63.8 Å². The fourth-order valence-electron chi connectivity index (χ4n) is 3.32. The lowest BCUT2D eigenvalue weighted by molar-refractivity contribution is 0.0919. The van der Waals surface area contributed by atoms with Crippen molar-refractivity contribution in [2.75, 3.05) is 31.5 Å². The second kappa shape index (κ2) is 9.22. The molecule has 3 amide bonds. The summed E-state index contributed by atoms with van der Waals surface area (Å²) in [6.07, 6.45) is 1.12. The Morgan fingerprint density at radius 3 is 2.67 bits per heavy atom. The van der Waals surface area contributed by atoms with Crippen molar-refractivity contribution in [2.45, 2.75) is 46.6 Å². The van der Waals surface area contributed by atoms with Gasteiger partial charge in [-0.1, -0.05) is 19.9 Å². The van der Waals surface area contributed by atoms with E-state index in [-0.39, 0.29) is 17.5 Å². The summed E-state index contributed by atoms with van der Waals surface area (Å²) >= 11 is 0. The monoisotopic (exact) mass is 374 g/mol. The van der Waals surface area contributed by atoms with E-state index in [1.165, 1.54) is 0 Å². The zero-order valence-electron chi connectivity index (χ0n) is 17.3. The highest BCUT2D eigenvalue weighted by Gasteiger charge is 2.23. The lowest BCUT2D eigenvalue weighted by atomic mass is 10.1. The van der Waals surface area contributed by atoms with E-state index >= 15 is 0 Å². The number of carbonyl (C=O) groups excluding carboxylic acids is 2. The van der Waals surface area contributed by atoms with Crippen LogP contribution in [0.3, 0.4) is 0 Å². The molecule has 1 aromatic carbocycles. The Morgan fingerprint density at radius 2 is 2.00 bits per heavy atom. The SMILES string of the molecule is CC(C)CN1CC[C@H](CNC(=O)Nc2cccc(C(=O)NC(C)(C)C)c2)C1. The van der Waals surface area contributed by atoms with Gasteiger partial charge in [-0.15, -0.1) is 0 Å². The largest absolute Gasteiger partial charge is 0.347 e. The second-order valence-corrected chi connectivity index (χ2v) is 8.93. The number of carbonyl (C=O) groups is 2. The number of nitrogens with one attached hydrogen (secondary N) is 3. The summed E-state index contributed by atoms with van der Waals surface area (Å²) < 4.78 is 0. The summed E-state index contributed by atoms with van der Waals surface area (Å²) in [5, 5.41) is 8.70. The van der Waals surface area contributed by atoms with Gasteiger partial charge in [0, 0.05) is 36.4 Å². The van der Waals surface area contributed by atoms with Gasteiger partial charge in [-0.2, -0.15) is 0 Å². The van der Waals surface area contributed by atoms with Gasteiger partial charge in [0.1, 0.15) is 0 Å². The molecule has 1 saturated heterocycles. The van der Waals surface area contributed by atoms with Gasteiger partial charge in [0.2, 0.25) is 0 Å². The summed E-state index contributed by atoms with van der Waals surface area (Å²) in [4.78, 5) is 26.9. The van der Waals surface area contributed by atoms with E-state index < -0.39 is 0 Å². The summed E-state index contributed by atoms with van der Waals surface area (Å²) in [6, 6.07) is 6.76. The summed E-state index contributed by atoms with van der Waals surface area (Å²) in [6.45, 7) is 14.2. The van der Waals surface area contributed by atoms with Gasteiger partial charge in [0.15, 0.2) is 0 Å². The number of hydrogen-bond donors (Lipinski definition) is 3. The lowest BCUT2D eigenvalue weighted by Gasteiger charge is -2.20. The Balaban J connectivity index is 1.81. The third kappa shape index (κ3) is 7.59. The third-order valence-electron chi connectivity index (χ3n) is 4.42. The van der Waals surface area contributed by atoms with E-state index in [9.17, 15) is 9.59 Å². The van der Waals surface area contributed by atoms with Crippen LogP contribution in [0.2, 0.25) is 0 Å². The number of benzene rings is 1. The number of nitrogens with zero attached hydrogens (tertiary/aromatic N) is 1. The van der Waals surface area contributed by atoms with Crippen LogP contribution in [-0.2, 0) is 0 Å². The molecule has 0 aliphatic carbocycles. The maximum atomic E-state index is 12.3. The Kier molecular flexibility index (Phi) is 7.25. The van der Waals surface area contributed by atoms with Crippen LogP contribution in [0.4, 0.5) is 10.5 Å². The van der Waals surface area contributed by atoms with Crippen molar-refractivity contribution in [3.63, 3.8) is 0 Å². The van der Waals surface area contributed by atoms with Crippen LogP contribution in [-0.4, -0.2) is 48.6 Å². The van der Waals surface area contributed by atoms with Crippen molar-refractivity contribution in [3.05, 3.63) is 29.8 Å². The first-order valence-electron chi connectivity index (χ1n) is 9.82. The van der Waals surface area contributed by atoms with Crippen molar-refractivity contribution in [3.8, 4) is 0 Å². The van der Waals surface area contributed by atoms with Crippen LogP contribution in [0.15, 0.2) is 24.3 Å². The van der Waals surface area contributed by atoms with Crippen LogP contribution in [0.25, 0.3) is 0 Å². The molecule has 3 N–H and O–H groups in total. The van der Waals surface area contributed by atoms with E-state index in [2.05, 4.69) is 34.7 Å². The fourth-order valence-corrected chi connectivity index (χ4v) is 3.32. The zero-order valence-corrected chi connectivity index (χ0v) is 17.3. The van der Waals surface area contributed by atoms with Crippen LogP contribution >= 0.6 is 0 Å². The highest BCUT2D eigenvalue weighted by molar-refractivity contribution is 5.97. The molecule has 0 unspecified atom stereocenters. The van der Waals surface area contributed by atoms with Gasteiger partial charge < -0.3 is 20.9 Å². The van der Waals surface area contributed by atoms with Crippen molar-refractivity contribution in [2.24, 2.45) is 11.8 Å². The molecule has 27 heavy (non-hydrogen) atoms. The van der Waals surface area contributed by atoms with E-state index in [0.717, 1.165) is 26.1 Å². The van der Waals surface area contributed by atoms with E-state index in [1.807, 2.05) is 20.8 Å². The van der Waals surface area contributed by atoms with Crippen molar-refractivity contribution < 1.29 is 9.59 Å². The van der Waals surface area contributed by atoms with Gasteiger partial charge in [0.25, 0.3) is 5.91 Å². The molecule has 6 nitrogen and oxygen atoms in total. The minimum absolute atomic E-state index is 0.150. The molecule has 1 aromatic rings. The molecular formula is C21H34N4O2. The molecule has 2 rings (SSSR count). The normalized spacial score (nSPS) is 17.8. The maximum Gasteiger partial charge on any atom is 0.319 e. The second-order valence-electron chi connectivity index (χ2n) is 8.93. The average Bonchev–Trinajstić information content (AvgIpc) is 2.98. The Bertz CT molecular complexity index is 652. The molecule has 1 heterocycles. The minimum atomic E-state index is -0.303. The standard InChI is InChI=1S/C21H34N4O2/c1-15(2)13-25-10-9-16(14-25)12-22-20(27)23-18-8-6-7-17(11-18)19(26)24-21(3,4)5/h6-8,11,15-16H,9-10,12-14H2,1-5H3,(H,24,26)(H2,22,23,27)/t16-/m1/s1. The van der Waals surface area contributed by atoms with Crippen molar-refractivity contribution in [1.82, 2.24) is 15.5 Å². The highest BCUT2D eigenvalue weighted by Crippen LogP contribution is 2.17. The maximum absolute atomic E-state index is 12.3. The van der Waals surface area contributed by atoms with Crippen molar-refractivity contribution >= 4 is 17.6 Å². The van der Waals surface area contributed by atoms with Crippen LogP contribution < -0.4 is 16.0 Å². The Morgan fingerprint density at radius 1 is 1.26 bits per heavy atom. The van der Waals surface area contributed by atoms with Gasteiger partial charge in [0.05, 0.1) is 0 Å². The van der Waals surface area contributed by atoms with Gasteiger partial charge in [-0.3, -0.25) is 4.79 Å². The number of urea groups is 1. The number of rotatable bonds is 6. The molecule has 1 fully saturated rings. The molecule has 1 atom stereocenters. The predicted molar refractivity (Wildman–Crippen MR) is 110 cm³/mol. The Labute approximate surface area is 163 Å². The smallest absolute Gasteiger partial charge is 0.319 e. The van der Waals surface area contributed by atoms with Crippen LogP contribution in [0.1, 0.15) is 51.4 Å². The van der Waals surface area contributed by atoms with E-state index in [1.54, 1.807) is 24.3 Å². The zero-order chi connectivity index (χ0) is 20.0. The average molecular weight is 375 g/mol. The highest BCUT2D eigenvalue weighted by atomic mass is 16.2. The Hall–Kier alpha value is -2.08. The van der Waals surface area contributed by atoms with Crippen LogP contribution in [0, 0.1) is 11.8 Å². The first-order valence-corrected chi connectivity index (χ1v) is 9.82. The molecule has 0 saturated carbocycles. The quantitative estimate of drug-likeness (QED) is 0.715. The predicted octanol–water partition coefficient (Wildman–Crippen LogP) is 3.31. The number of likely N-dealkylation sites (tertiary alicyclic amines) is 1. The molecular weight excluding hydrogens is 340 g/mol. The molecule has 1 aliphatic heterocycles. The van der Waals surface area contributed by atoms with Crippen molar-refractivity contribution in [1.29, 1.82) is 0 Å². The van der Waals surface area contributed by atoms with Gasteiger partial charge in [-0.25, -0.2) is 4.79 Å². The minimum Gasteiger partial charge on any atom is -0.347 e. The first-order chi connectivity index (χ1) is 12.6. The third-order valence-corrected chi connectivity index (χ3v) is 4.42. The molecule has 0 radical (unpaired) electrons. The first kappa shape index (κ1) is 21.2. The van der Waals surface area contributed by atoms with Gasteiger partial charge >= 0.3 is 6.03 Å². The summed E-state index contributed by atoms with van der Waals surface area (Å²) in [5.41, 5.74) is 0.840. The number of amides is 3. The summed E-state index contributed by atoms with van der Waals surface area (Å²) in [7, 11) is 0. The topological polar surface area (TPSA) is 73.5 Å². The molecule has 0 aromatic heterocycles. The number of hydrogen-bond acceptors (Lipinski definition) is 3. The lowest BCUT2D eigenvalue weighted by Crippen LogP contribution is -2.40. The molecule has 150 valence electrons. The van der Waals surface area contributed by atoms with E-state index in [0.29, 0.717) is 29.6 Å². The summed E-state index contributed by atoms with van der Waals surface area (Å²) in [5.74, 6) is 1.02. The number of anilines is 1. The fraction of sp³-hybridized carbons (Fsp3) is 0.619. The molecule has 0 bridgehead atoms.